The van der Waals surface area contributed by atoms with Gasteiger partial charge in [-0.15, -0.1) is 0 Å². The van der Waals surface area contributed by atoms with E-state index in [9.17, 15) is 9.18 Å². The highest BCUT2D eigenvalue weighted by molar-refractivity contribution is 5.94. The zero-order valence-electron chi connectivity index (χ0n) is 28.3. The van der Waals surface area contributed by atoms with E-state index >= 15 is 0 Å². The molecule has 49 heavy (non-hydrogen) atoms. The van der Waals surface area contributed by atoms with Gasteiger partial charge in [-0.05, 0) is 96.3 Å². The molecule has 5 aromatic rings. The standard InChI is InChI=1S/C38H42FN5O5/c1-38(2,3)49-37(45)25-9-10-30-32(17-25)44(20-27-13-16-46-27)34(40-30)21-43-14-11-23(12-15-43)29-5-4-6-35(41-29)47-22-26-18-33-31(19-28(26)39)42-36(48-33)24-7-8-24/h4-6,9-10,17-19,23-24,27H,7-8,11-16,20-22H2,1-3H3. The molecule has 10 nitrogen and oxygen atoms in total. The number of oxazole rings is 1. The van der Waals surface area contributed by atoms with Gasteiger partial charge in [0.1, 0.15) is 29.4 Å². The van der Waals surface area contributed by atoms with E-state index in [2.05, 4.69) is 14.5 Å². The predicted octanol–water partition coefficient (Wildman–Crippen LogP) is 7.29. The average molecular weight is 668 g/mol. The number of hydrogen-bond donors (Lipinski definition) is 0. The first-order valence-electron chi connectivity index (χ1n) is 17.4. The lowest BCUT2D eigenvalue weighted by Crippen LogP contribution is -2.35. The van der Waals surface area contributed by atoms with E-state index in [4.69, 9.17) is 28.6 Å². The van der Waals surface area contributed by atoms with Crippen molar-refractivity contribution in [3.8, 4) is 5.88 Å². The number of benzene rings is 2. The van der Waals surface area contributed by atoms with Gasteiger partial charge in [0.15, 0.2) is 11.5 Å². The van der Waals surface area contributed by atoms with Crippen LogP contribution in [0.2, 0.25) is 0 Å². The van der Waals surface area contributed by atoms with Crippen LogP contribution < -0.4 is 4.74 Å². The van der Waals surface area contributed by atoms with E-state index in [1.807, 2.05) is 51.1 Å². The summed E-state index contributed by atoms with van der Waals surface area (Å²) >= 11 is 0. The van der Waals surface area contributed by atoms with Crippen LogP contribution in [0.5, 0.6) is 5.88 Å². The van der Waals surface area contributed by atoms with Crippen molar-refractivity contribution in [1.82, 2.24) is 24.4 Å². The third kappa shape index (κ3) is 7.05. The molecule has 0 spiro atoms. The Morgan fingerprint density at radius 1 is 0.959 bits per heavy atom. The molecule has 8 rings (SSSR count). The molecule has 0 bridgehead atoms. The smallest absolute Gasteiger partial charge is 0.338 e. The quantitative estimate of drug-likeness (QED) is 0.142. The lowest BCUT2D eigenvalue weighted by Gasteiger charge is -2.32. The van der Waals surface area contributed by atoms with E-state index in [1.165, 1.54) is 6.07 Å². The molecule has 1 unspecified atom stereocenters. The summed E-state index contributed by atoms with van der Waals surface area (Å²) in [5, 5.41) is 0. The molecule has 256 valence electrons. The minimum absolute atomic E-state index is 0.0578. The highest BCUT2D eigenvalue weighted by atomic mass is 19.1. The lowest BCUT2D eigenvalue weighted by molar-refractivity contribution is -0.0592. The molecule has 2 saturated heterocycles. The number of aromatic nitrogens is 4. The van der Waals surface area contributed by atoms with Crippen molar-refractivity contribution in [2.45, 2.75) is 96.1 Å². The minimum atomic E-state index is -0.569. The van der Waals surface area contributed by atoms with Crippen molar-refractivity contribution in [2.24, 2.45) is 0 Å². The molecule has 1 aliphatic carbocycles. The number of likely N-dealkylation sites (tertiary alicyclic amines) is 1. The maximum Gasteiger partial charge on any atom is 0.338 e. The Labute approximate surface area is 284 Å². The first-order valence-corrected chi connectivity index (χ1v) is 17.4. The number of ether oxygens (including phenoxy) is 3. The predicted molar refractivity (Wildman–Crippen MR) is 181 cm³/mol. The number of pyridine rings is 1. The van der Waals surface area contributed by atoms with E-state index in [-0.39, 0.29) is 24.5 Å². The highest BCUT2D eigenvalue weighted by Crippen LogP contribution is 2.41. The molecule has 3 aliphatic rings. The van der Waals surface area contributed by atoms with Gasteiger partial charge in [0.05, 0.1) is 35.8 Å². The first-order chi connectivity index (χ1) is 23.6. The van der Waals surface area contributed by atoms with Crippen LogP contribution in [0.1, 0.15) is 98.0 Å². The SMILES string of the molecule is CC(C)(C)OC(=O)c1ccc2nc(CN3CCC(c4cccc(OCc5cc6oc(C7CC7)nc6cc5F)n4)CC3)n(CC3CCO3)c2c1. The average Bonchev–Trinajstić information content (AvgIpc) is 3.74. The summed E-state index contributed by atoms with van der Waals surface area (Å²) in [7, 11) is 0. The van der Waals surface area contributed by atoms with Crippen molar-refractivity contribution in [1.29, 1.82) is 0 Å². The fourth-order valence-corrected chi connectivity index (χ4v) is 6.69. The molecule has 5 heterocycles. The lowest BCUT2D eigenvalue weighted by atomic mass is 9.93. The number of esters is 1. The molecule has 11 heteroatoms. The van der Waals surface area contributed by atoms with Crippen molar-refractivity contribution in [3.05, 3.63) is 82.9 Å². The van der Waals surface area contributed by atoms with Crippen LogP contribution in [-0.4, -0.2) is 61.8 Å². The topological polar surface area (TPSA) is 105 Å². The molecule has 2 aliphatic heterocycles. The summed E-state index contributed by atoms with van der Waals surface area (Å²) in [6.45, 7) is 9.66. The molecular formula is C38H42FN5O5. The van der Waals surface area contributed by atoms with Gasteiger partial charge in [-0.3, -0.25) is 4.90 Å². The van der Waals surface area contributed by atoms with Crippen LogP contribution >= 0.6 is 0 Å². The number of rotatable bonds is 10. The monoisotopic (exact) mass is 667 g/mol. The Morgan fingerprint density at radius 3 is 2.51 bits per heavy atom. The fraction of sp³-hybridized carbons (Fsp3) is 0.474. The van der Waals surface area contributed by atoms with Gasteiger partial charge >= 0.3 is 5.97 Å². The second kappa shape index (κ2) is 12.8. The highest BCUT2D eigenvalue weighted by Gasteiger charge is 2.30. The minimum Gasteiger partial charge on any atom is -0.473 e. The zero-order chi connectivity index (χ0) is 33.7. The summed E-state index contributed by atoms with van der Waals surface area (Å²) in [6, 6.07) is 14.6. The summed E-state index contributed by atoms with van der Waals surface area (Å²) < 4.78 is 40.4. The second-order valence-corrected chi connectivity index (χ2v) is 14.6. The molecule has 0 radical (unpaired) electrons. The second-order valence-electron chi connectivity index (χ2n) is 14.6. The van der Waals surface area contributed by atoms with Crippen molar-refractivity contribution < 1.29 is 27.8 Å². The number of hydrogen-bond acceptors (Lipinski definition) is 9. The summed E-state index contributed by atoms with van der Waals surface area (Å²) in [5.74, 6) is 2.11. The molecule has 3 fully saturated rings. The van der Waals surface area contributed by atoms with Crippen LogP contribution in [0.25, 0.3) is 22.1 Å². The Hall–Kier alpha value is -4.35. The van der Waals surface area contributed by atoms with Gasteiger partial charge in [-0.2, -0.15) is 0 Å². The number of fused-ring (bicyclic) bond motifs is 2. The zero-order valence-corrected chi connectivity index (χ0v) is 28.3. The molecule has 2 aromatic carbocycles. The van der Waals surface area contributed by atoms with Gasteiger partial charge in [0.25, 0.3) is 0 Å². The van der Waals surface area contributed by atoms with Gasteiger partial charge in [0.2, 0.25) is 5.88 Å². The maximum absolute atomic E-state index is 14.9. The fourth-order valence-electron chi connectivity index (χ4n) is 6.69. The molecule has 1 saturated carbocycles. The molecule has 3 aromatic heterocycles. The summed E-state index contributed by atoms with van der Waals surface area (Å²) in [4.78, 5) is 29.6. The van der Waals surface area contributed by atoms with Crippen molar-refractivity contribution >= 4 is 28.1 Å². The Kier molecular flexibility index (Phi) is 8.35. The maximum atomic E-state index is 14.9. The van der Waals surface area contributed by atoms with Crippen LogP contribution in [0, 0.1) is 5.82 Å². The van der Waals surface area contributed by atoms with Gasteiger partial charge in [-0.25, -0.2) is 24.1 Å². The molecule has 0 N–H and O–H groups in total. The summed E-state index contributed by atoms with van der Waals surface area (Å²) in [5.41, 5.74) is 4.28. The number of carbonyl (C=O) groups excluding carboxylic acids is 1. The van der Waals surface area contributed by atoms with E-state index < -0.39 is 5.60 Å². The third-order valence-electron chi connectivity index (χ3n) is 9.63. The van der Waals surface area contributed by atoms with Crippen LogP contribution in [0.3, 0.4) is 0 Å². The molecule has 1 atom stereocenters. The normalized spacial score (nSPS) is 19.0. The van der Waals surface area contributed by atoms with E-state index in [1.54, 1.807) is 12.1 Å². The number of imidazole rings is 1. The van der Waals surface area contributed by atoms with Gasteiger partial charge in [-0.1, -0.05) is 6.07 Å². The van der Waals surface area contributed by atoms with Crippen molar-refractivity contribution in [3.63, 3.8) is 0 Å². The molecular weight excluding hydrogens is 625 g/mol. The summed E-state index contributed by atoms with van der Waals surface area (Å²) in [6.07, 6.45) is 5.21. The Bertz CT molecular complexity index is 2000. The van der Waals surface area contributed by atoms with Crippen LogP contribution in [0.4, 0.5) is 4.39 Å². The first kappa shape index (κ1) is 31.9. The van der Waals surface area contributed by atoms with Crippen molar-refractivity contribution in [2.75, 3.05) is 19.7 Å². The van der Waals surface area contributed by atoms with Gasteiger partial charge in [0, 0.05) is 41.8 Å². The van der Waals surface area contributed by atoms with E-state index in [0.717, 1.165) is 74.4 Å². The Balaban J connectivity index is 0.918. The number of halogens is 1. The third-order valence-corrected chi connectivity index (χ3v) is 9.63. The van der Waals surface area contributed by atoms with Crippen LogP contribution in [0.15, 0.2) is 52.9 Å². The number of piperidine rings is 1. The molecule has 0 amide bonds. The van der Waals surface area contributed by atoms with E-state index in [0.29, 0.717) is 58.9 Å². The van der Waals surface area contributed by atoms with Gasteiger partial charge < -0.3 is 23.2 Å². The number of nitrogens with zero attached hydrogens (tertiary/aromatic N) is 5. The Morgan fingerprint density at radius 2 is 1.78 bits per heavy atom. The van der Waals surface area contributed by atoms with Crippen LogP contribution in [-0.2, 0) is 29.2 Å². The largest absolute Gasteiger partial charge is 0.473 e. The number of carbonyl (C=O) groups is 1.